The van der Waals surface area contributed by atoms with Gasteiger partial charge in [-0.2, -0.15) is 0 Å². The van der Waals surface area contributed by atoms with Crippen LogP contribution in [-0.4, -0.2) is 0 Å². The highest BCUT2D eigenvalue weighted by Crippen LogP contribution is 2.41. The minimum atomic E-state index is 1.17. The normalized spacial score (nSPS) is 12.8. The van der Waals surface area contributed by atoms with Crippen molar-refractivity contribution in [2.24, 2.45) is 0 Å². The average molecular weight is 371 g/mol. The Morgan fingerprint density at radius 2 is 0.750 bits per heavy atom. The van der Waals surface area contributed by atoms with E-state index in [0.717, 1.165) is 0 Å². The van der Waals surface area contributed by atoms with Gasteiger partial charge in [-0.3, -0.25) is 0 Å². The van der Waals surface area contributed by atoms with E-state index in [0.29, 0.717) is 0 Å². The van der Waals surface area contributed by atoms with Crippen LogP contribution in [0.25, 0.3) is 22.3 Å². The monoisotopic (exact) mass is 370 g/mol. The first kappa shape index (κ1) is 20.4. The van der Waals surface area contributed by atoms with Gasteiger partial charge in [-0.05, 0) is 84.0 Å². The summed E-state index contributed by atoms with van der Waals surface area (Å²) in [6, 6.07) is 18.9. The van der Waals surface area contributed by atoms with Gasteiger partial charge in [0, 0.05) is 0 Å². The summed E-state index contributed by atoms with van der Waals surface area (Å²) in [6.07, 6.45) is 4.67. The van der Waals surface area contributed by atoms with E-state index in [9.17, 15) is 0 Å². The summed E-state index contributed by atoms with van der Waals surface area (Å²) in [5.41, 5.74) is 14.7. The molecule has 0 aliphatic heterocycles. The highest BCUT2D eigenvalue weighted by molar-refractivity contribution is 5.82. The largest absolute Gasteiger partial charge is 0.0683 e. The van der Waals surface area contributed by atoms with Crippen molar-refractivity contribution >= 4 is 0 Å². The molecule has 0 N–H and O–H groups in total. The summed E-state index contributed by atoms with van der Waals surface area (Å²) in [7, 11) is 0. The van der Waals surface area contributed by atoms with Crippen LogP contribution in [0.15, 0.2) is 48.5 Å². The lowest BCUT2D eigenvalue weighted by atomic mass is 9.78. The second-order valence-electron chi connectivity index (χ2n) is 7.49. The molecule has 0 unspecified atom stereocenters. The van der Waals surface area contributed by atoms with Gasteiger partial charge in [-0.25, -0.2) is 0 Å². The molecule has 0 atom stereocenters. The van der Waals surface area contributed by atoms with Gasteiger partial charge in [0.2, 0.25) is 0 Å². The molecule has 0 bridgehead atoms. The molecule has 2 aliphatic rings. The summed E-state index contributed by atoms with van der Waals surface area (Å²) in [5.74, 6) is 0. The molecule has 28 heavy (non-hydrogen) atoms. The zero-order valence-electron chi connectivity index (χ0n) is 18.4. The van der Waals surface area contributed by atoms with E-state index in [1.54, 1.807) is 0 Å². The van der Waals surface area contributed by atoms with E-state index in [4.69, 9.17) is 0 Å². The fourth-order valence-electron chi connectivity index (χ4n) is 4.46. The average Bonchev–Trinajstić information content (AvgIpc) is 2.75. The van der Waals surface area contributed by atoms with E-state index < -0.39 is 0 Å². The highest BCUT2D eigenvalue weighted by atomic mass is 14.3. The maximum absolute atomic E-state index is 2.49. The summed E-state index contributed by atoms with van der Waals surface area (Å²) < 4.78 is 0. The standard InChI is InChI=1S/C24H22.2C2H6/c1-15-3-5-17-7-9-19-14-24-20(13-23(19)21(17)11-15)10-8-18-6-4-16(2)12-22(18)24;2*1-2/h3-6,11-14H,7-10H2,1-2H3;2*1-2H3. The zero-order chi connectivity index (χ0) is 20.3. The van der Waals surface area contributed by atoms with Crippen LogP contribution in [0.3, 0.4) is 0 Å². The van der Waals surface area contributed by atoms with Gasteiger partial charge in [0.15, 0.2) is 0 Å². The molecule has 0 radical (unpaired) electrons. The third-order valence-electron chi connectivity index (χ3n) is 5.77. The van der Waals surface area contributed by atoms with Crippen molar-refractivity contribution in [1.82, 2.24) is 0 Å². The molecule has 0 spiro atoms. The Morgan fingerprint density at radius 3 is 1.14 bits per heavy atom. The van der Waals surface area contributed by atoms with Crippen molar-refractivity contribution < 1.29 is 0 Å². The maximum atomic E-state index is 2.49. The molecule has 0 saturated carbocycles. The molecule has 0 heterocycles. The lowest BCUT2D eigenvalue weighted by Crippen LogP contribution is -2.09. The molecule has 0 amide bonds. The molecule has 0 heteroatoms. The minimum Gasteiger partial charge on any atom is -0.0683 e. The second kappa shape index (κ2) is 8.78. The van der Waals surface area contributed by atoms with E-state index in [2.05, 4.69) is 62.4 Å². The Hall–Kier alpha value is -2.34. The van der Waals surface area contributed by atoms with Crippen LogP contribution in [-0.2, 0) is 25.7 Å². The molecule has 5 rings (SSSR count). The van der Waals surface area contributed by atoms with Crippen LogP contribution in [0.2, 0.25) is 0 Å². The quantitative estimate of drug-likeness (QED) is 0.377. The Labute approximate surface area is 171 Å². The van der Waals surface area contributed by atoms with Crippen LogP contribution in [0.5, 0.6) is 0 Å². The Kier molecular flexibility index (Phi) is 6.39. The topological polar surface area (TPSA) is 0 Å². The summed E-state index contributed by atoms with van der Waals surface area (Å²) in [5, 5.41) is 0. The summed E-state index contributed by atoms with van der Waals surface area (Å²) in [6.45, 7) is 12.4. The van der Waals surface area contributed by atoms with Crippen molar-refractivity contribution in [2.45, 2.75) is 67.2 Å². The fourth-order valence-corrected chi connectivity index (χ4v) is 4.46. The highest BCUT2D eigenvalue weighted by Gasteiger charge is 2.22. The molecule has 0 aromatic heterocycles. The van der Waals surface area contributed by atoms with Crippen molar-refractivity contribution in [3.63, 3.8) is 0 Å². The fraction of sp³-hybridized carbons (Fsp3) is 0.357. The molecular weight excluding hydrogens is 336 g/mol. The molecule has 3 aromatic carbocycles. The van der Waals surface area contributed by atoms with Gasteiger partial charge in [0.25, 0.3) is 0 Å². The smallest absolute Gasteiger partial charge is 0.0146 e. The number of fused-ring (bicyclic) bond motifs is 6. The lowest BCUT2D eigenvalue weighted by molar-refractivity contribution is 0.915. The molecule has 3 aromatic rings. The first-order chi connectivity index (χ1) is 13.7. The molecule has 0 fully saturated rings. The van der Waals surface area contributed by atoms with Gasteiger partial charge in [-0.15, -0.1) is 0 Å². The Bertz CT molecular complexity index is 894. The van der Waals surface area contributed by atoms with Crippen LogP contribution in [0.4, 0.5) is 0 Å². The van der Waals surface area contributed by atoms with Crippen molar-refractivity contribution in [3.8, 4) is 22.3 Å². The third-order valence-corrected chi connectivity index (χ3v) is 5.77. The van der Waals surface area contributed by atoms with Crippen molar-refractivity contribution in [3.05, 3.63) is 81.9 Å². The zero-order valence-corrected chi connectivity index (χ0v) is 18.4. The van der Waals surface area contributed by atoms with Gasteiger partial charge < -0.3 is 0 Å². The van der Waals surface area contributed by atoms with E-state index >= 15 is 0 Å². The van der Waals surface area contributed by atoms with E-state index in [1.165, 1.54) is 81.3 Å². The first-order valence-electron chi connectivity index (χ1n) is 11.0. The van der Waals surface area contributed by atoms with E-state index in [1.807, 2.05) is 27.7 Å². The predicted octanol–water partition coefficient (Wildman–Crippen LogP) is 7.89. The summed E-state index contributed by atoms with van der Waals surface area (Å²) >= 11 is 0. The van der Waals surface area contributed by atoms with Gasteiger partial charge in [0.05, 0.1) is 0 Å². The number of hydrogen-bond acceptors (Lipinski definition) is 0. The van der Waals surface area contributed by atoms with Gasteiger partial charge in [-0.1, -0.05) is 87.4 Å². The van der Waals surface area contributed by atoms with Gasteiger partial charge >= 0.3 is 0 Å². The van der Waals surface area contributed by atoms with E-state index in [-0.39, 0.29) is 0 Å². The number of benzene rings is 3. The molecule has 146 valence electrons. The first-order valence-corrected chi connectivity index (χ1v) is 11.0. The second-order valence-corrected chi connectivity index (χ2v) is 7.49. The van der Waals surface area contributed by atoms with Crippen LogP contribution in [0, 0.1) is 13.8 Å². The molecule has 0 saturated heterocycles. The van der Waals surface area contributed by atoms with Crippen LogP contribution < -0.4 is 0 Å². The SMILES string of the molecule is CC.CC.Cc1ccc2c(c1)-c1cc3c(cc1CC2)-c1cc(C)ccc1CC3. The van der Waals surface area contributed by atoms with Crippen molar-refractivity contribution in [1.29, 1.82) is 0 Å². The summed E-state index contributed by atoms with van der Waals surface area (Å²) in [4.78, 5) is 0. The number of rotatable bonds is 0. The Morgan fingerprint density at radius 1 is 0.429 bits per heavy atom. The van der Waals surface area contributed by atoms with Gasteiger partial charge in [0.1, 0.15) is 0 Å². The third kappa shape index (κ3) is 3.65. The molecule has 2 aliphatic carbocycles. The molecular formula is C28H34. The van der Waals surface area contributed by atoms with Crippen molar-refractivity contribution in [2.75, 3.05) is 0 Å². The van der Waals surface area contributed by atoms with Crippen LogP contribution >= 0.6 is 0 Å². The lowest BCUT2D eigenvalue weighted by Gasteiger charge is -2.26. The van der Waals surface area contributed by atoms with Crippen LogP contribution in [0.1, 0.15) is 61.1 Å². The Balaban J connectivity index is 0.000000531. The number of aryl methyl sites for hydroxylation is 6. The minimum absolute atomic E-state index is 1.17. The molecule has 0 nitrogen and oxygen atoms in total. The number of hydrogen-bond donors (Lipinski definition) is 0. The maximum Gasteiger partial charge on any atom is -0.0146 e. The predicted molar refractivity (Wildman–Crippen MR) is 124 cm³/mol.